The second-order valence-electron chi connectivity index (χ2n) is 12.7. The molecule has 0 spiro atoms. The largest absolute Gasteiger partial charge is 0.511 e. The fourth-order valence-corrected chi connectivity index (χ4v) is 7.19. The molecule has 48 heavy (non-hydrogen) atoms. The number of hydrogen-bond donors (Lipinski definition) is 4. The third-order valence-corrected chi connectivity index (χ3v) is 9.64. The number of piperidine rings is 1. The Balaban J connectivity index is 1.60. The monoisotopic (exact) mass is 649 g/mol. The molecule has 0 aliphatic carbocycles. The molecular formula is C38H39N3O7. The van der Waals surface area contributed by atoms with E-state index in [1.165, 1.54) is 0 Å². The highest BCUT2D eigenvalue weighted by Crippen LogP contribution is 2.45. The van der Waals surface area contributed by atoms with Gasteiger partial charge in [-0.3, -0.25) is 34.7 Å². The number of nitrogens with one attached hydrogen (secondary N) is 2. The zero-order valence-electron chi connectivity index (χ0n) is 27.2. The molecule has 3 heterocycles. The van der Waals surface area contributed by atoms with Gasteiger partial charge in [-0.1, -0.05) is 61.0 Å². The number of amides is 4. The lowest BCUT2D eigenvalue weighted by molar-refractivity contribution is -0.131. The number of aryl methyl sites for hydroxylation is 2. The molecule has 3 aromatic rings. The normalized spacial score (nSPS) is 21.2. The number of aliphatic hydroxyl groups excluding tert-OH is 2. The number of rotatable bonds is 8. The first kappa shape index (κ1) is 32.7. The van der Waals surface area contributed by atoms with E-state index in [4.69, 9.17) is 4.74 Å². The molecule has 3 atom stereocenters. The third kappa shape index (κ3) is 5.99. The van der Waals surface area contributed by atoms with Crippen molar-refractivity contribution in [2.24, 2.45) is 0 Å². The molecule has 0 saturated carbocycles. The number of nitrogens with zero attached hydrogens (tertiary/aromatic N) is 1. The molecule has 10 nitrogen and oxygen atoms in total. The van der Waals surface area contributed by atoms with Crippen molar-refractivity contribution in [3.05, 3.63) is 123 Å². The summed E-state index contributed by atoms with van der Waals surface area (Å²) >= 11 is 0. The van der Waals surface area contributed by atoms with Crippen LogP contribution in [0.4, 0.5) is 0 Å². The van der Waals surface area contributed by atoms with Gasteiger partial charge in [-0.25, -0.2) is 0 Å². The van der Waals surface area contributed by atoms with Crippen LogP contribution in [0, 0.1) is 13.8 Å². The summed E-state index contributed by atoms with van der Waals surface area (Å²) in [5.41, 5.74) is 3.03. The van der Waals surface area contributed by atoms with Crippen LogP contribution >= 0.6 is 0 Å². The molecule has 10 heteroatoms. The fourth-order valence-electron chi connectivity index (χ4n) is 7.19. The maximum absolute atomic E-state index is 13.9. The summed E-state index contributed by atoms with van der Waals surface area (Å²) in [5, 5.41) is 28.7. The summed E-state index contributed by atoms with van der Waals surface area (Å²) in [7, 11) is 1.56. The molecule has 0 bridgehead atoms. The summed E-state index contributed by atoms with van der Waals surface area (Å²) in [6, 6.07) is 19.2. The number of carbonyl (C=O) groups is 4. The number of likely N-dealkylation sites (tertiary alicyclic amines) is 1. The van der Waals surface area contributed by atoms with Gasteiger partial charge in [0.2, 0.25) is 11.8 Å². The van der Waals surface area contributed by atoms with Gasteiger partial charge in [0.15, 0.2) is 0 Å². The summed E-state index contributed by atoms with van der Waals surface area (Å²) in [5.74, 6) is -7.58. The van der Waals surface area contributed by atoms with Crippen LogP contribution in [-0.2, 0) is 25.7 Å². The van der Waals surface area contributed by atoms with Gasteiger partial charge < -0.3 is 14.9 Å². The van der Waals surface area contributed by atoms with E-state index in [0.29, 0.717) is 40.1 Å². The topological polar surface area (TPSA) is 145 Å². The number of carbonyl (C=O) groups excluding carboxylic acids is 4. The van der Waals surface area contributed by atoms with E-state index in [-0.39, 0.29) is 11.1 Å². The van der Waals surface area contributed by atoms with E-state index in [2.05, 4.69) is 15.5 Å². The summed E-state index contributed by atoms with van der Waals surface area (Å²) in [6.07, 6.45) is 3.28. The first-order chi connectivity index (χ1) is 23.1. The first-order valence-electron chi connectivity index (χ1n) is 16.2. The molecule has 3 aliphatic rings. The highest BCUT2D eigenvalue weighted by Gasteiger charge is 2.47. The SMILES string of the molecule is COc1ccc(C(C2=C(O)[C@H](c3ccccc3C)C(=O)NC2=O)C2=C(O)[C@@H](c3ccccc3C)C(=O)NC2=O)cc1CN1CCCCC1. The van der Waals surface area contributed by atoms with Crippen LogP contribution in [0.5, 0.6) is 5.75 Å². The number of benzene rings is 3. The quantitative estimate of drug-likeness (QED) is 0.253. The van der Waals surface area contributed by atoms with E-state index in [1.54, 1.807) is 87.7 Å². The fraction of sp³-hybridized carbons (Fsp3) is 0.316. The van der Waals surface area contributed by atoms with Crippen molar-refractivity contribution in [1.82, 2.24) is 15.5 Å². The minimum Gasteiger partial charge on any atom is -0.511 e. The van der Waals surface area contributed by atoms with Gasteiger partial charge in [-0.2, -0.15) is 0 Å². The van der Waals surface area contributed by atoms with E-state index < -0.39 is 52.9 Å². The highest BCUT2D eigenvalue weighted by molar-refractivity contribution is 6.16. The summed E-state index contributed by atoms with van der Waals surface area (Å²) < 4.78 is 5.70. The van der Waals surface area contributed by atoms with Crippen LogP contribution in [-0.4, -0.2) is 58.9 Å². The molecule has 0 radical (unpaired) electrons. The van der Waals surface area contributed by atoms with Crippen molar-refractivity contribution >= 4 is 23.6 Å². The molecule has 248 valence electrons. The average Bonchev–Trinajstić information content (AvgIpc) is 3.06. The molecule has 4 N–H and O–H groups in total. The van der Waals surface area contributed by atoms with Gasteiger partial charge in [0.25, 0.3) is 11.8 Å². The Labute approximate surface area is 279 Å². The van der Waals surface area contributed by atoms with Crippen molar-refractivity contribution in [2.45, 2.75) is 57.4 Å². The average molecular weight is 650 g/mol. The van der Waals surface area contributed by atoms with Crippen LogP contribution < -0.4 is 15.4 Å². The van der Waals surface area contributed by atoms with Crippen LogP contribution in [0.1, 0.15) is 70.4 Å². The standard InChI is InChI=1S/C38H39N3O7/c1-21-11-5-7-13-25(21)29-33(42)31(37(46)39-35(29)44)28(23-15-16-27(48-3)24(19-23)20-41-17-9-4-10-18-41)32-34(43)30(36(45)40-38(32)47)26-14-8-6-12-22(26)2/h5-8,11-16,19,28-30,42-43H,4,9-10,17-18,20H2,1-3H3,(H,39,44,46)(H,40,45,47)/t28?,29-,30+. The van der Waals surface area contributed by atoms with Gasteiger partial charge in [0.1, 0.15) is 29.1 Å². The van der Waals surface area contributed by atoms with Gasteiger partial charge in [0, 0.05) is 12.1 Å². The van der Waals surface area contributed by atoms with Crippen molar-refractivity contribution in [3.8, 4) is 5.75 Å². The smallest absolute Gasteiger partial charge is 0.258 e. The van der Waals surface area contributed by atoms with E-state index in [1.807, 2.05) is 0 Å². The van der Waals surface area contributed by atoms with Crippen LogP contribution in [0.2, 0.25) is 0 Å². The number of hydrogen-bond acceptors (Lipinski definition) is 8. The predicted octanol–water partition coefficient (Wildman–Crippen LogP) is 4.89. The maximum Gasteiger partial charge on any atom is 0.258 e. The second-order valence-corrected chi connectivity index (χ2v) is 12.7. The molecule has 1 fully saturated rings. The molecular weight excluding hydrogens is 610 g/mol. The minimum absolute atomic E-state index is 0.272. The van der Waals surface area contributed by atoms with Gasteiger partial charge in [-0.05, 0) is 79.7 Å². The van der Waals surface area contributed by atoms with Crippen LogP contribution in [0.3, 0.4) is 0 Å². The Morgan fingerprint density at radius 3 is 1.73 bits per heavy atom. The summed E-state index contributed by atoms with van der Waals surface area (Å²) in [6.45, 7) is 5.93. The molecule has 1 saturated heterocycles. The minimum atomic E-state index is -1.37. The summed E-state index contributed by atoms with van der Waals surface area (Å²) in [4.78, 5) is 56.7. The van der Waals surface area contributed by atoms with Crippen molar-refractivity contribution in [3.63, 3.8) is 0 Å². The molecule has 4 amide bonds. The highest BCUT2D eigenvalue weighted by atomic mass is 16.5. The Kier molecular flexibility index (Phi) is 9.19. The zero-order chi connectivity index (χ0) is 34.1. The lowest BCUT2D eigenvalue weighted by Gasteiger charge is -2.34. The number of imide groups is 2. The van der Waals surface area contributed by atoms with E-state index >= 15 is 0 Å². The Morgan fingerprint density at radius 2 is 1.25 bits per heavy atom. The Bertz CT molecular complexity index is 1770. The number of methoxy groups -OCH3 is 1. The Hall–Kier alpha value is -5.22. The molecule has 3 aliphatic heterocycles. The number of ether oxygens (including phenoxy) is 1. The lowest BCUT2D eigenvalue weighted by Crippen LogP contribution is -2.47. The predicted molar refractivity (Wildman–Crippen MR) is 178 cm³/mol. The zero-order valence-corrected chi connectivity index (χ0v) is 27.2. The Morgan fingerprint density at radius 1 is 0.750 bits per heavy atom. The van der Waals surface area contributed by atoms with E-state index in [9.17, 15) is 29.4 Å². The molecule has 3 aromatic carbocycles. The van der Waals surface area contributed by atoms with Crippen LogP contribution in [0.25, 0.3) is 0 Å². The molecule has 0 aromatic heterocycles. The van der Waals surface area contributed by atoms with Gasteiger partial charge in [-0.15, -0.1) is 0 Å². The lowest BCUT2D eigenvalue weighted by atomic mass is 9.74. The van der Waals surface area contributed by atoms with Crippen molar-refractivity contribution < 1.29 is 34.1 Å². The molecule has 6 rings (SSSR count). The second kappa shape index (κ2) is 13.5. The third-order valence-electron chi connectivity index (χ3n) is 9.64. The van der Waals surface area contributed by atoms with Gasteiger partial charge >= 0.3 is 0 Å². The van der Waals surface area contributed by atoms with Crippen LogP contribution in [0.15, 0.2) is 89.4 Å². The van der Waals surface area contributed by atoms with Gasteiger partial charge in [0.05, 0.1) is 24.2 Å². The van der Waals surface area contributed by atoms with Crippen molar-refractivity contribution in [1.29, 1.82) is 0 Å². The maximum atomic E-state index is 13.9. The van der Waals surface area contributed by atoms with E-state index in [0.717, 1.165) is 37.9 Å². The molecule has 1 unspecified atom stereocenters. The number of aliphatic hydroxyl groups is 2. The first-order valence-corrected chi connectivity index (χ1v) is 16.2. The van der Waals surface area contributed by atoms with Crippen molar-refractivity contribution in [2.75, 3.05) is 20.2 Å².